The van der Waals surface area contributed by atoms with E-state index in [0.29, 0.717) is 22.9 Å². The van der Waals surface area contributed by atoms with Crippen LogP contribution in [-0.2, 0) is 26.6 Å². The number of sulfonamides is 2. The van der Waals surface area contributed by atoms with E-state index in [1.165, 1.54) is 30.5 Å². The number of hydrogen-bond donors (Lipinski definition) is 2. The number of halogens is 1. The molecule has 2 N–H and O–H groups in total. The fourth-order valence-electron chi connectivity index (χ4n) is 2.66. The SMILES string of the molecule is CCn1ncc(S(=O)(=O)Nc2ccc(S(=O)(=O)Nc3ccc(Cl)cc3)cc2)c1C. The van der Waals surface area contributed by atoms with Gasteiger partial charge in [-0.15, -0.1) is 0 Å². The fraction of sp³-hybridized carbons (Fsp3) is 0.167. The van der Waals surface area contributed by atoms with Crippen LogP contribution in [0.3, 0.4) is 0 Å². The first-order valence-corrected chi connectivity index (χ1v) is 11.9. The molecule has 0 fully saturated rings. The van der Waals surface area contributed by atoms with E-state index in [1.807, 2.05) is 6.92 Å². The molecule has 0 amide bonds. The Bertz CT molecular complexity index is 1220. The molecule has 3 rings (SSSR count). The van der Waals surface area contributed by atoms with Gasteiger partial charge in [0.2, 0.25) is 0 Å². The van der Waals surface area contributed by atoms with E-state index in [9.17, 15) is 16.8 Å². The molecule has 0 unspecified atom stereocenters. The molecule has 11 heteroatoms. The molecule has 8 nitrogen and oxygen atoms in total. The van der Waals surface area contributed by atoms with Gasteiger partial charge in [0.05, 0.1) is 16.8 Å². The van der Waals surface area contributed by atoms with Crippen molar-refractivity contribution in [3.8, 4) is 0 Å². The van der Waals surface area contributed by atoms with Crippen LogP contribution in [0, 0.1) is 6.92 Å². The molecule has 2 aromatic carbocycles. The lowest BCUT2D eigenvalue weighted by Gasteiger charge is -2.10. The van der Waals surface area contributed by atoms with Crippen molar-refractivity contribution >= 4 is 43.0 Å². The quantitative estimate of drug-likeness (QED) is 0.568. The van der Waals surface area contributed by atoms with Crippen LogP contribution >= 0.6 is 11.6 Å². The molecule has 1 aromatic heterocycles. The Morgan fingerprint density at radius 1 is 0.897 bits per heavy atom. The van der Waals surface area contributed by atoms with Crippen LogP contribution in [0.25, 0.3) is 0 Å². The molecule has 0 saturated carbocycles. The molecular weight excluding hydrogens is 436 g/mol. The molecule has 0 aliphatic carbocycles. The second-order valence-electron chi connectivity index (χ2n) is 6.15. The van der Waals surface area contributed by atoms with E-state index < -0.39 is 20.0 Å². The number of rotatable bonds is 7. The van der Waals surface area contributed by atoms with Crippen molar-refractivity contribution in [3.63, 3.8) is 0 Å². The molecule has 0 aliphatic heterocycles. The van der Waals surface area contributed by atoms with Crippen LogP contribution in [0.1, 0.15) is 12.6 Å². The summed E-state index contributed by atoms with van der Waals surface area (Å²) < 4.78 is 56.6. The van der Waals surface area contributed by atoms with Gasteiger partial charge in [-0.2, -0.15) is 5.10 Å². The molecular formula is C18H19ClN4O4S2. The van der Waals surface area contributed by atoms with Gasteiger partial charge in [0.15, 0.2) is 0 Å². The Labute approximate surface area is 174 Å². The van der Waals surface area contributed by atoms with Gasteiger partial charge in [0.25, 0.3) is 20.0 Å². The predicted molar refractivity (Wildman–Crippen MR) is 112 cm³/mol. The van der Waals surface area contributed by atoms with Crippen molar-refractivity contribution in [1.82, 2.24) is 9.78 Å². The van der Waals surface area contributed by atoms with Gasteiger partial charge >= 0.3 is 0 Å². The first-order valence-electron chi connectivity index (χ1n) is 8.56. The van der Waals surface area contributed by atoms with Gasteiger partial charge in [0, 0.05) is 22.9 Å². The summed E-state index contributed by atoms with van der Waals surface area (Å²) in [6.45, 7) is 4.08. The minimum absolute atomic E-state index is 0.00891. The summed E-state index contributed by atoms with van der Waals surface area (Å²) in [6.07, 6.45) is 1.29. The summed E-state index contributed by atoms with van der Waals surface area (Å²) in [4.78, 5) is 0.0610. The van der Waals surface area contributed by atoms with Crippen LogP contribution in [0.5, 0.6) is 0 Å². The van der Waals surface area contributed by atoms with Gasteiger partial charge in [-0.05, 0) is 62.4 Å². The molecule has 0 saturated heterocycles. The largest absolute Gasteiger partial charge is 0.280 e. The summed E-state index contributed by atoms with van der Waals surface area (Å²) in [5.74, 6) is 0. The standard InChI is InChI=1S/C18H19ClN4O4S2/c1-3-23-13(2)18(12-20-23)29(26,27)22-16-8-10-17(11-9-16)28(24,25)21-15-6-4-14(19)5-7-15/h4-12,21-22H,3H2,1-2H3. The van der Waals surface area contributed by atoms with Crippen molar-refractivity contribution in [3.05, 3.63) is 65.4 Å². The second kappa shape index (κ2) is 8.05. The first-order chi connectivity index (χ1) is 13.6. The summed E-state index contributed by atoms with van der Waals surface area (Å²) in [6, 6.07) is 11.6. The van der Waals surface area contributed by atoms with Gasteiger partial charge < -0.3 is 0 Å². The summed E-state index contributed by atoms with van der Waals surface area (Å²) >= 11 is 5.80. The highest BCUT2D eigenvalue weighted by molar-refractivity contribution is 7.93. The maximum Gasteiger partial charge on any atom is 0.265 e. The third-order valence-electron chi connectivity index (χ3n) is 4.16. The van der Waals surface area contributed by atoms with Gasteiger partial charge in [-0.3, -0.25) is 14.1 Å². The average Bonchev–Trinajstić information content (AvgIpc) is 3.05. The molecule has 3 aromatic rings. The van der Waals surface area contributed by atoms with E-state index in [-0.39, 0.29) is 15.5 Å². The number of anilines is 2. The van der Waals surface area contributed by atoms with Gasteiger partial charge in [-0.1, -0.05) is 11.6 Å². The summed E-state index contributed by atoms with van der Waals surface area (Å²) in [5, 5.41) is 4.53. The van der Waals surface area contributed by atoms with E-state index >= 15 is 0 Å². The van der Waals surface area contributed by atoms with E-state index in [4.69, 9.17) is 11.6 Å². The van der Waals surface area contributed by atoms with Gasteiger partial charge in [-0.25, -0.2) is 16.8 Å². The summed E-state index contributed by atoms with van der Waals surface area (Å²) in [7, 11) is -7.67. The smallest absolute Gasteiger partial charge is 0.265 e. The van der Waals surface area contributed by atoms with Crippen molar-refractivity contribution in [2.75, 3.05) is 9.44 Å². The highest BCUT2D eigenvalue weighted by atomic mass is 35.5. The van der Waals surface area contributed by atoms with Crippen molar-refractivity contribution in [2.24, 2.45) is 0 Å². The second-order valence-corrected chi connectivity index (χ2v) is 9.92. The Kier molecular flexibility index (Phi) is 5.87. The topological polar surface area (TPSA) is 110 Å². The van der Waals surface area contributed by atoms with E-state index in [1.54, 1.807) is 35.9 Å². The molecule has 0 aliphatic rings. The minimum atomic E-state index is -3.85. The minimum Gasteiger partial charge on any atom is -0.280 e. The zero-order chi connectivity index (χ0) is 21.2. The monoisotopic (exact) mass is 454 g/mol. The number of hydrogen-bond acceptors (Lipinski definition) is 5. The number of aromatic nitrogens is 2. The Morgan fingerprint density at radius 2 is 1.41 bits per heavy atom. The Balaban J connectivity index is 1.79. The van der Waals surface area contributed by atoms with E-state index in [0.717, 1.165) is 0 Å². The van der Waals surface area contributed by atoms with Crippen molar-refractivity contribution in [1.29, 1.82) is 0 Å². The van der Waals surface area contributed by atoms with Crippen LogP contribution in [-0.4, -0.2) is 26.6 Å². The fourth-order valence-corrected chi connectivity index (χ4v) is 5.08. The van der Waals surface area contributed by atoms with Crippen LogP contribution in [0.4, 0.5) is 11.4 Å². The molecule has 0 bridgehead atoms. The number of aryl methyl sites for hydroxylation is 1. The summed E-state index contributed by atoms with van der Waals surface area (Å²) in [5.41, 5.74) is 1.12. The maximum absolute atomic E-state index is 12.6. The number of benzene rings is 2. The van der Waals surface area contributed by atoms with Crippen LogP contribution < -0.4 is 9.44 Å². The lowest BCUT2D eigenvalue weighted by atomic mass is 10.3. The third-order valence-corrected chi connectivity index (χ3v) is 7.29. The number of nitrogens with zero attached hydrogens (tertiary/aromatic N) is 2. The Hall–Kier alpha value is -2.56. The van der Waals surface area contributed by atoms with Crippen molar-refractivity contribution < 1.29 is 16.8 Å². The molecule has 0 atom stereocenters. The molecule has 154 valence electrons. The first kappa shape index (κ1) is 21.2. The van der Waals surface area contributed by atoms with Crippen molar-refractivity contribution in [2.45, 2.75) is 30.2 Å². The van der Waals surface area contributed by atoms with Gasteiger partial charge in [0.1, 0.15) is 4.90 Å². The molecule has 0 radical (unpaired) electrons. The lowest BCUT2D eigenvalue weighted by Crippen LogP contribution is -2.15. The number of nitrogens with one attached hydrogen (secondary N) is 2. The molecule has 29 heavy (non-hydrogen) atoms. The molecule has 0 spiro atoms. The highest BCUT2D eigenvalue weighted by Crippen LogP contribution is 2.22. The van der Waals surface area contributed by atoms with E-state index in [2.05, 4.69) is 14.5 Å². The lowest BCUT2D eigenvalue weighted by molar-refractivity contribution is 0.598. The molecule has 1 heterocycles. The normalized spacial score (nSPS) is 12.0. The zero-order valence-corrected chi connectivity index (χ0v) is 18.0. The Morgan fingerprint density at radius 3 is 1.93 bits per heavy atom. The zero-order valence-electron chi connectivity index (χ0n) is 15.6. The maximum atomic E-state index is 12.6. The predicted octanol–water partition coefficient (Wildman–Crippen LogP) is 3.47. The van der Waals surface area contributed by atoms with Crippen LogP contribution in [0.15, 0.2) is 64.5 Å². The average molecular weight is 455 g/mol. The van der Waals surface area contributed by atoms with Crippen LogP contribution in [0.2, 0.25) is 5.02 Å². The highest BCUT2D eigenvalue weighted by Gasteiger charge is 2.21. The third kappa shape index (κ3) is 4.72.